The van der Waals surface area contributed by atoms with Crippen molar-refractivity contribution in [2.45, 2.75) is 32.8 Å². The van der Waals surface area contributed by atoms with E-state index >= 15 is 0 Å². The van der Waals surface area contributed by atoms with E-state index in [2.05, 4.69) is 40.5 Å². The van der Waals surface area contributed by atoms with Crippen LogP contribution in [-0.2, 0) is 4.74 Å². The molecule has 2 aromatic heterocycles. The number of fused-ring (bicyclic) bond motifs is 1. The van der Waals surface area contributed by atoms with Crippen LogP contribution in [0.1, 0.15) is 26.7 Å². The van der Waals surface area contributed by atoms with Crippen LogP contribution in [0.4, 0.5) is 11.8 Å². The quantitative estimate of drug-likeness (QED) is 0.731. The van der Waals surface area contributed by atoms with Crippen molar-refractivity contribution in [3.8, 4) is 0 Å². The second-order valence-electron chi connectivity index (χ2n) is 4.84. The minimum Gasteiger partial charge on any atom is -0.379 e. The fourth-order valence-corrected chi connectivity index (χ4v) is 2.62. The van der Waals surface area contributed by atoms with Gasteiger partial charge in [0.15, 0.2) is 0 Å². The first-order chi connectivity index (χ1) is 9.70. The van der Waals surface area contributed by atoms with Crippen molar-refractivity contribution in [1.82, 2.24) is 9.97 Å². The molecule has 0 aliphatic carbocycles. The van der Waals surface area contributed by atoms with Crippen LogP contribution in [0.15, 0.2) is 11.4 Å². The lowest BCUT2D eigenvalue weighted by atomic mass is 10.3. The second kappa shape index (κ2) is 7.40. The molecule has 0 radical (unpaired) electrons. The molecule has 0 unspecified atom stereocenters. The van der Waals surface area contributed by atoms with E-state index in [-0.39, 0.29) is 0 Å². The Morgan fingerprint density at radius 2 is 2.15 bits per heavy atom. The minimum absolute atomic E-state index is 0.313. The number of hydrogen-bond acceptors (Lipinski definition) is 6. The molecule has 2 aromatic rings. The average molecular weight is 294 g/mol. The van der Waals surface area contributed by atoms with E-state index in [4.69, 9.17) is 4.74 Å². The topological polar surface area (TPSA) is 59.1 Å². The third kappa shape index (κ3) is 4.05. The van der Waals surface area contributed by atoms with Gasteiger partial charge in [-0.25, -0.2) is 4.98 Å². The highest BCUT2D eigenvalue weighted by Gasteiger charge is 2.07. The van der Waals surface area contributed by atoms with Crippen LogP contribution in [0.2, 0.25) is 0 Å². The molecule has 2 heterocycles. The fourth-order valence-electron chi connectivity index (χ4n) is 1.85. The number of thiophene rings is 1. The molecule has 2 rings (SSSR count). The Morgan fingerprint density at radius 1 is 1.30 bits per heavy atom. The molecule has 6 heteroatoms. The second-order valence-corrected chi connectivity index (χ2v) is 5.73. The molecule has 0 amide bonds. The molecule has 20 heavy (non-hydrogen) atoms. The van der Waals surface area contributed by atoms with E-state index in [1.54, 1.807) is 11.3 Å². The first-order valence-corrected chi connectivity index (χ1v) is 7.87. The summed E-state index contributed by atoms with van der Waals surface area (Å²) in [4.78, 5) is 9.92. The summed E-state index contributed by atoms with van der Waals surface area (Å²) in [6.45, 7) is 5.84. The number of hydrogen-bond donors (Lipinski definition) is 2. The van der Waals surface area contributed by atoms with Gasteiger partial charge in [0.05, 0.1) is 11.5 Å². The third-order valence-corrected chi connectivity index (χ3v) is 3.67. The molecular weight excluding hydrogens is 272 g/mol. The lowest BCUT2D eigenvalue weighted by molar-refractivity contribution is 0.0765. The first-order valence-electron chi connectivity index (χ1n) is 6.99. The van der Waals surface area contributed by atoms with Gasteiger partial charge in [0, 0.05) is 20.2 Å². The van der Waals surface area contributed by atoms with Gasteiger partial charge in [0.2, 0.25) is 5.95 Å². The van der Waals surface area contributed by atoms with Crippen LogP contribution in [0.3, 0.4) is 0 Å². The van der Waals surface area contributed by atoms with Crippen molar-refractivity contribution >= 4 is 33.3 Å². The lowest BCUT2D eigenvalue weighted by Crippen LogP contribution is -2.08. The van der Waals surface area contributed by atoms with Gasteiger partial charge in [-0.05, 0) is 38.1 Å². The monoisotopic (exact) mass is 294 g/mol. The molecule has 0 atom stereocenters. The highest BCUT2D eigenvalue weighted by Crippen LogP contribution is 2.26. The number of anilines is 2. The highest BCUT2D eigenvalue weighted by molar-refractivity contribution is 7.16. The van der Waals surface area contributed by atoms with Crippen molar-refractivity contribution < 1.29 is 4.74 Å². The predicted molar refractivity (Wildman–Crippen MR) is 85.8 cm³/mol. The summed E-state index contributed by atoms with van der Waals surface area (Å²) in [5, 5.41) is 9.53. The molecule has 0 aliphatic rings. The Morgan fingerprint density at radius 3 is 2.90 bits per heavy atom. The van der Waals surface area contributed by atoms with Gasteiger partial charge in [0.25, 0.3) is 0 Å². The molecule has 0 bridgehead atoms. The molecule has 0 spiro atoms. The van der Waals surface area contributed by atoms with Gasteiger partial charge < -0.3 is 15.4 Å². The van der Waals surface area contributed by atoms with Crippen LogP contribution < -0.4 is 10.6 Å². The smallest absolute Gasteiger partial charge is 0.225 e. The van der Waals surface area contributed by atoms with E-state index in [1.165, 1.54) is 0 Å². The number of ether oxygens (including phenoxy) is 1. The Kier molecular flexibility index (Phi) is 5.55. The average Bonchev–Trinajstić information content (AvgIpc) is 2.90. The predicted octanol–water partition coefficient (Wildman–Crippen LogP) is 3.35. The van der Waals surface area contributed by atoms with Crippen molar-refractivity contribution in [2.75, 3.05) is 30.8 Å². The van der Waals surface area contributed by atoms with Gasteiger partial charge in [-0.3, -0.25) is 0 Å². The Balaban J connectivity index is 1.87. The van der Waals surface area contributed by atoms with Crippen LogP contribution in [0.25, 0.3) is 10.2 Å². The lowest BCUT2D eigenvalue weighted by Gasteiger charge is -2.09. The number of unbranched alkanes of at least 4 members (excludes halogenated alkanes) is 1. The zero-order chi connectivity index (χ0) is 14.4. The summed E-state index contributed by atoms with van der Waals surface area (Å²) in [6, 6.07) is 2.06. The highest BCUT2D eigenvalue weighted by atomic mass is 32.1. The van der Waals surface area contributed by atoms with Gasteiger partial charge >= 0.3 is 0 Å². The van der Waals surface area contributed by atoms with Crippen LogP contribution >= 0.6 is 11.3 Å². The van der Waals surface area contributed by atoms with E-state index in [1.807, 2.05) is 12.4 Å². The zero-order valence-electron chi connectivity index (χ0n) is 12.3. The molecule has 0 aliphatic heterocycles. The molecule has 0 saturated carbocycles. The third-order valence-electron chi connectivity index (χ3n) is 2.86. The largest absolute Gasteiger partial charge is 0.379 e. The van der Waals surface area contributed by atoms with Gasteiger partial charge in [0.1, 0.15) is 10.6 Å². The maximum atomic E-state index is 5.53. The maximum Gasteiger partial charge on any atom is 0.225 e. The van der Waals surface area contributed by atoms with Crippen LogP contribution in [0.5, 0.6) is 0 Å². The van der Waals surface area contributed by atoms with E-state index in [0.29, 0.717) is 12.1 Å². The van der Waals surface area contributed by atoms with E-state index in [0.717, 1.165) is 42.0 Å². The Labute approximate surface area is 123 Å². The van der Waals surface area contributed by atoms with Crippen molar-refractivity contribution in [3.05, 3.63) is 11.4 Å². The van der Waals surface area contributed by atoms with Crippen molar-refractivity contribution in [1.29, 1.82) is 0 Å². The standard InChI is InChI=1S/C14H22N4OS/c1-10(2)19-8-5-4-7-16-12-11-6-9-20-13(11)18-14(15-3)17-12/h6,9-10H,4-5,7-8H2,1-3H3,(H2,15,16,17,18). The minimum atomic E-state index is 0.313. The summed E-state index contributed by atoms with van der Waals surface area (Å²) >= 11 is 1.63. The Hall–Kier alpha value is -1.40. The van der Waals surface area contributed by atoms with E-state index < -0.39 is 0 Å². The molecular formula is C14H22N4OS. The van der Waals surface area contributed by atoms with Gasteiger partial charge in [-0.2, -0.15) is 4.98 Å². The molecule has 0 saturated heterocycles. The summed E-state index contributed by atoms with van der Waals surface area (Å²) in [5.74, 6) is 1.57. The summed E-state index contributed by atoms with van der Waals surface area (Å²) in [7, 11) is 1.84. The number of aromatic nitrogens is 2. The van der Waals surface area contributed by atoms with Crippen molar-refractivity contribution in [2.24, 2.45) is 0 Å². The number of nitrogens with zero attached hydrogens (tertiary/aromatic N) is 2. The fraction of sp³-hybridized carbons (Fsp3) is 0.571. The van der Waals surface area contributed by atoms with Gasteiger partial charge in [-0.1, -0.05) is 0 Å². The molecule has 0 fully saturated rings. The molecule has 2 N–H and O–H groups in total. The molecule has 5 nitrogen and oxygen atoms in total. The van der Waals surface area contributed by atoms with Gasteiger partial charge in [-0.15, -0.1) is 11.3 Å². The first kappa shape index (κ1) is 15.0. The summed E-state index contributed by atoms with van der Waals surface area (Å²) in [6.07, 6.45) is 2.44. The van der Waals surface area contributed by atoms with Crippen LogP contribution in [0, 0.1) is 0 Å². The van der Waals surface area contributed by atoms with E-state index in [9.17, 15) is 0 Å². The summed E-state index contributed by atoms with van der Waals surface area (Å²) < 4.78 is 5.53. The SMILES string of the molecule is CNc1nc(NCCCCOC(C)C)c2ccsc2n1. The molecule has 0 aromatic carbocycles. The molecule has 110 valence electrons. The Bertz CT molecular complexity index is 541. The van der Waals surface area contributed by atoms with Crippen LogP contribution in [-0.4, -0.2) is 36.3 Å². The maximum absolute atomic E-state index is 5.53. The number of nitrogens with one attached hydrogen (secondary N) is 2. The van der Waals surface area contributed by atoms with Crippen molar-refractivity contribution in [3.63, 3.8) is 0 Å². The number of rotatable bonds is 8. The zero-order valence-corrected chi connectivity index (χ0v) is 13.1. The normalized spacial score (nSPS) is 11.2. The summed E-state index contributed by atoms with van der Waals surface area (Å²) in [5.41, 5.74) is 0.